The van der Waals surface area contributed by atoms with Crippen LogP contribution in [0, 0.1) is 0 Å². The van der Waals surface area contributed by atoms with Crippen LogP contribution in [0.2, 0.25) is 0 Å². The molecule has 6 nitrogen and oxygen atoms in total. The van der Waals surface area contributed by atoms with Crippen molar-refractivity contribution in [2.75, 3.05) is 6.54 Å². The molecule has 0 aromatic carbocycles. The number of hydrogen-bond acceptors (Lipinski definition) is 4. The summed E-state index contributed by atoms with van der Waals surface area (Å²) >= 11 is 0. The van der Waals surface area contributed by atoms with E-state index in [-0.39, 0.29) is 24.3 Å². The molecule has 0 atom stereocenters. The Balaban J connectivity index is 2.18. The molecule has 3 N–H and O–H groups in total. The second kappa shape index (κ2) is 6.45. The molecule has 1 aromatic rings. The van der Waals surface area contributed by atoms with Crippen LogP contribution in [-0.2, 0) is 6.42 Å². The number of amidine groups is 1. The zero-order valence-corrected chi connectivity index (χ0v) is 11.7. The first kappa shape index (κ1) is 14.4. The van der Waals surface area contributed by atoms with Crippen molar-refractivity contribution >= 4 is 11.7 Å². The van der Waals surface area contributed by atoms with Crippen molar-refractivity contribution < 1.29 is 14.4 Å². The van der Waals surface area contributed by atoms with Crippen molar-refractivity contribution in [1.82, 2.24) is 4.90 Å². The monoisotopic (exact) mass is 279 g/mol. The lowest BCUT2D eigenvalue weighted by Gasteiger charge is -2.27. The largest absolute Gasteiger partial charge is 0.456 e. The molecule has 1 amide bonds. The third kappa shape index (κ3) is 3.12. The summed E-state index contributed by atoms with van der Waals surface area (Å²) in [6.45, 7) is 2.10. The van der Waals surface area contributed by atoms with Crippen molar-refractivity contribution in [3.05, 3.63) is 23.7 Å². The van der Waals surface area contributed by atoms with Gasteiger partial charge in [-0.2, -0.15) is 0 Å². The van der Waals surface area contributed by atoms with Crippen LogP contribution in [0.4, 0.5) is 0 Å². The zero-order valence-electron chi connectivity index (χ0n) is 11.7. The minimum Gasteiger partial charge on any atom is -0.456 e. The van der Waals surface area contributed by atoms with Gasteiger partial charge in [0.1, 0.15) is 5.76 Å². The lowest BCUT2D eigenvalue weighted by molar-refractivity contribution is 0.0678. The number of carbonyl (C=O) groups is 1. The van der Waals surface area contributed by atoms with Gasteiger partial charge in [0.2, 0.25) is 0 Å². The van der Waals surface area contributed by atoms with E-state index in [1.165, 1.54) is 0 Å². The minimum atomic E-state index is -0.191. The molecule has 0 saturated heterocycles. The molecule has 0 spiro atoms. The summed E-state index contributed by atoms with van der Waals surface area (Å²) in [5.41, 5.74) is 5.56. The number of oxime groups is 1. The topological polar surface area (TPSA) is 92.1 Å². The van der Waals surface area contributed by atoms with Gasteiger partial charge in [-0.1, -0.05) is 24.9 Å². The average molecular weight is 279 g/mol. The third-order valence-electron chi connectivity index (χ3n) is 3.71. The van der Waals surface area contributed by atoms with Crippen molar-refractivity contribution in [1.29, 1.82) is 0 Å². The molecule has 0 aliphatic heterocycles. The number of carbonyl (C=O) groups excluding carboxylic acids is 1. The fourth-order valence-corrected chi connectivity index (χ4v) is 2.61. The Bertz CT molecular complexity index is 490. The smallest absolute Gasteiger partial charge is 0.290 e. The van der Waals surface area contributed by atoms with Crippen LogP contribution in [0.3, 0.4) is 0 Å². The van der Waals surface area contributed by atoms with Crippen LogP contribution in [0.25, 0.3) is 0 Å². The number of hydrogen-bond donors (Lipinski definition) is 2. The van der Waals surface area contributed by atoms with E-state index in [9.17, 15) is 4.79 Å². The maximum atomic E-state index is 12.6. The van der Waals surface area contributed by atoms with E-state index in [1.807, 2.05) is 13.0 Å². The highest BCUT2D eigenvalue weighted by atomic mass is 16.4. The van der Waals surface area contributed by atoms with Crippen molar-refractivity contribution in [2.24, 2.45) is 10.9 Å². The molecule has 1 heterocycles. The van der Waals surface area contributed by atoms with E-state index >= 15 is 0 Å². The SMILES string of the molecule is CCc1ccc(C(=O)N(CC(N)=NO)C2CCCC2)o1. The summed E-state index contributed by atoms with van der Waals surface area (Å²) in [5.74, 6) is 0.943. The molecular weight excluding hydrogens is 258 g/mol. The second-order valence-corrected chi connectivity index (χ2v) is 5.08. The second-order valence-electron chi connectivity index (χ2n) is 5.08. The molecule has 1 fully saturated rings. The van der Waals surface area contributed by atoms with Gasteiger partial charge < -0.3 is 20.3 Å². The average Bonchev–Trinajstić information content (AvgIpc) is 3.14. The number of amides is 1. The number of furan rings is 1. The van der Waals surface area contributed by atoms with Gasteiger partial charge in [-0.3, -0.25) is 4.79 Å². The van der Waals surface area contributed by atoms with E-state index in [4.69, 9.17) is 15.4 Å². The lowest BCUT2D eigenvalue weighted by atomic mass is 10.2. The highest BCUT2D eigenvalue weighted by Gasteiger charge is 2.29. The molecule has 6 heteroatoms. The Hall–Kier alpha value is -1.98. The first-order chi connectivity index (χ1) is 9.65. The van der Waals surface area contributed by atoms with Gasteiger partial charge in [0, 0.05) is 12.5 Å². The Morgan fingerprint density at radius 3 is 2.75 bits per heavy atom. The summed E-state index contributed by atoms with van der Waals surface area (Å²) < 4.78 is 5.52. The molecule has 1 saturated carbocycles. The summed E-state index contributed by atoms with van der Waals surface area (Å²) in [4.78, 5) is 14.2. The van der Waals surface area contributed by atoms with Gasteiger partial charge in [-0.25, -0.2) is 0 Å². The van der Waals surface area contributed by atoms with Gasteiger partial charge in [-0.05, 0) is 25.0 Å². The van der Waals surface area contributed by atoms with Gasteiger partial charge in [0.25, 0.3) is 5.91 Å². The summed E-state index contributed by atoms with van der Waals surface area (Å²) in [6.07, 6.45) is 4.85. The molecule has 1 aromatic heterocycles. The van der Waals surface area contributed by atoms with E-state index in [2.05, 4.69) is 5.16 Å². The zero-order chi connectivity index (χ0) is 14.5. The van der Waals surface area contributed by atoms with Gasteiger partial charge in [-0.15, -0.1) is 0 Å². The van der Waals surface area contributed by atoms with Crippen molar-refractivity contribution in [2.45, 2.75) is 45.1 Å². The maximum absolute atomic E-state index is 12.6. The maximum Gasteiger partial charge on any atom is 0.290 e. The summed E-state index contributed by atoms with van der Waals surface area (Å²) in [5, 5.41) is 11.7. The molecule has 0 bridgehead atoms. The van der Waals surface area contributed by atoms with Gasteiger partial charge in [0.15, 0.2) is 11.6 Å². The highest BCUT2D eigenvalue weighted by molar-refractivity contribution is 5.95. The summed E-state index contributed by atoms with van der Waals surface area (Å²) in [6, 6.07) is 3.64. The van der Waals surface area contributed by atoms with Gasteiger partial charge in [0.05, 0.1) is 6.54 Å². The molecule has 0 unspecified atom stereocenters. The Kier molecular flexibility index (Phi) is 4.65. The Labute approximate surface area is 118 Å². The van der Waals surface area contributed by atoms with E-state index < -0.39 is 0 Å². The number of nitrogens with zero attached hydrogens (tertiary/aromatic N) is 2. The first-order valence-corrected chi connectivity index (χ1v) is 7.01. The molecule has 1 aliphatic carbocycles. The van der Waals surface area contributed by atoms with E-state index in [0.717, 1.165) is 37.9 Å². The molecule has 2 rings (SSSR count). The number of nitrogens with two attached hydrogens (primary N) is 1. The predicted octanol–water partition coefficient (Wildman–Crippen LogP) is 1.97. The molecular formula is C14H21N3O3. The van der Waals surface area contributed by atoms with Gasteiger partial charge >= 0.3 is 0 Å². The van der Waals surface area contributed by atoms with Crippen LogP contribution < -0.4 is 5.73 Å². The van der Waals surface area contributed by atoms with Crippen LogP contribution in [-0.4, -0.2) is 34.4 Å². The fraction of sp³-hybridized carbons (Fsp3) is 0.571. The first-order valence-electron chi connectivity index (χ1n) is 7.01. The van der Waals surface area contributed by atoms with E-state index in [0.29, 0.717) is 5.76 Å². The number of aryl methyl sites for hydroxylation is 1. The van der Waals surface area contributed by atoms with Crippen LogP contribution in [0.5, 0.6) is 0 Å². The molecule has 1 aliphatic rings. The normalized spacial score (nSPS) is 16.6. The van der Waals surface area contributed by atoms with Crippen molar-refractivity contribution in [3.63, 3.8) is 0 Å². The Morgan fingerprint density at radius 1 is 1.50 bits per heavy atom. The highest BCUT2D eigenvalue weighted by Crippen LogP contribution is 2.25. The summed E-state index contributed by atoms with van der Waals surface area (Å²) in [7, 11) is 0. The third-order valence-corrected chi connectivity index (χ3v) is 3.71. The Morgan fingerprint density at radius 2 is 2.20 bits per heavy atom. The quantitative estimate of drug-likeness (QED) is 0.373. The predicted molar refractivity (Wildman–Crippen MR) is 74.8 cm³/mol. The van der Waals surface area contributed by atoms with Crippen molar-refractivity contribution in [3.8, 4) is 0 Å². The van der Waals surface area contributed by atoms with Crippen LogP contribution >= 0.6 is 0 Å². The van der Waals surface area contributed by atoms with Crippen LogP contribution in [0.15, 0.2) is 21.7 Å². The minimum absolute atomic E-state index is 0.0347. The number of rotatable bonds is 5. The van der Waals surface area contributed by atoms with Crippen LogP contribution in [0.1, 0.15) is 48.9 Å². The lowest BCUT2D eigenvalue weighted by Crippen LogP contribution is -2.44. The van der Waals surface area contributed by atoms with E-state index in [1.54, 1.807) is 11.0 Å². The molecule has 20 heavy (non-hydrogen) atoms. The fourth-order valence-electron chi connectivity index (χ4n) is 2.61. The molecule has 110 valence electrons. The standard InChI is InChI=1S/C14H21N3O3/c1-2-11-7-8-12(20-11)14(18)17(9-13(15)16-19)10-5-3-4-6-10/h7-8,10,19H,2-6,9H2,1H3,(H2,15,16). The molecule has 0 radical (unpaired) electrons.